The van der Waals surface area contributed by atoms with E-state index in [0.29, 0.717) is 19.3 Å². The van der Waals surface area contributed by atoms with Crippen molar-refractivity contribution in [2.75, 3.05) is 13.6 Å². The maximum Gasteiger partial charge on any atom is 0.268 e. The van der Waals surface area contributed by atoms with Crippen molar-refractivity contribution in [3.05, 3.63) is 23.5 Å². The van der Waals surface area contributed by atoms with E-state index in [1.54, 1.807) is 20.8 Å². The standard InChI is InChI=1S/C55H91N13O16/c1-10-32(70)22-19-17-15-13-14-16-18-21-29(6)43-45(74)53(82)64-42(28(4)5)52(81)61-34(12-3)48(77)63-36(26-40(57)72)50(79)60-33(11-2)47(76)62-35(25-39(56)71)49(78)59-30(7)46(75)66-44(31(8)69)55(84)67(9)38(27-41(58)73)54(83)68-24-20-23-37(68)51(80)65-43/h11-12,28-32,35-38,42-45,69-70,74H,10,13-27H2,1-9H3,(H2,56,71)(H2,57,72)(H2,58,73)(H,59,78)(H,60,79)(H,61,81)(H,62,76)(H,63,77)(H,64,82)(H,65,80)(H,66,75)/b33-11+,34-12+/t29-,30+,31+,32-,35-,36-,37-,38-,42-,43+,44-,45+/m0/s1. The van der Waals surface area contributed by atoms with Gasteiger partial charge in [-0.25, -0.2) is 0 Å². The Labute approximate surface area is 489 Å². The summed E-state index contributed by atoms with van der Waals surface area (Å²) in [5, 5.41) is 51.6. The summed E-state index contributed by atoms with van der Waals surface area (Å²) < 4.78 is 0. The minimum atomic E-state index is -2.04. The molecule has 0 bridgehead atoms. The maximum absolute atomic E-state index is 14.6. The number of allylic oxidation sites excluding steroid dienone is 2. The van der Waals surface area contributed by atoms with Gasteiger partial charge in [-0.15, -0.1) is 0 Å². The van der Waals surface area contributed by atoms with E-state index in [2.05, 4.69) is 42.5 Å². The van der Waals surface area contributed by atoms with E-state index in [9.17, 15) is 77.6 Å². The molecule has 29 nitrogen and oxygen atoms in total. The van der Waals surface area contributed by atoms with Gasteiger partial charge in [-0.1, -0.05) is 84.8 Å². The summed E-state index contributed by atoms with van der Waals surface area (Å²) in [5.41, 5.74) is 15.3. The van der Waals surface area contributed by atoms with Crippen LogP contribution in [0.4, 0.5) is 0 Å². The molecule has 0 aromatic heterocycles. The van der Waals surface area contributed by atoms with Crippen molar-refractivity contribution >= 4 is 76.8 Å². The van der Waals surface area contributed by atoms with Crippen LogP contribution in [0.25, 0.3) is 0 Å². The van der Waals surface area contributed by atoms with Crippen molar-refractivity contribution in [3.63, 3.8) is 0 Å². The van der Waals surface area contributed by atoms with Crippen LogP contribution in [0.1, 0.15) is 152 Å². The number of carbonyl (C=O) groups excluding carboxylic acids is 13. The number of aliphatic hydroxyl groups is 3. The third kappa shape index (κ3) is 22.9. The highest BCUT2D eigenvalue weighted by atomic mass is 16.3. The number of fused-ring (bicyclic) bond motifs is 1. The van der Waals surface area contributed by atoms with E-state index in [0.717, 1.165) is 87.8 Å². The van der Waals surface area contributed by atoms with Crippen LogP contribution in [0.2, 0.25) is 0 Å². The molecular formula is C55H91N13O16. The van der Waals surface area contributed by atoms with Gasteiger partial charge in [0.25, 0.3) is 17.7 Å². The van der Waals surface area contributed by atoms with Crippen LogP contribution >= 0.6 is 0 Å². The highest BCUT2D eigenvalue weighted by Crippen LogP contribution is 2.24. The first-order chi connectivity index (χ1) is 39.4. The van der Waals surface area contributed by atoms with Gasteiger partial charge in [-0.2, -0.15) is 0 Å². The summed E-state index contributed by atoms with van der Waals surface area (Å²) in [6.45, 7) is 11.5. The van der Waals surface area contributed by atoms with E-state index >= 15 is 0 Å². The van der Waals surface area contributed by atoms with Crippen molar-refractivity contribution < 1.29 is 77.6 Å². The van der Waals surface area contributed by atoms with Crippen LogP contribution in [0, 0.1) is 11.8 Å². The Balaban J connectivity index is 2.76. The van der Waals surface area contributed by atoms with Gasteiger partial charge in [-0.3, -0.25) is 62.3 Å². The highest BCUT2D eigenvalue weighted by molar-refractivity contribution is 6.05. The Hall–Kier alpha value is -7.53. The largest absolute Gasteiger partial charge is 0.393 e. The summed E-state index contributed by atoms with van der Waals surface area (Å²) in [5.74, 6) is -15.5. The molecule has 2 aliphatic rings. The second kappa shape index (κ2) is 35.6. The summed E-state index contributed by atoms with van der Waals surface area (Å²) in [6, 6.07) is -13.0. The van der Waals surface area contributed by atoms with Crippen molar-refractivity contribution in [1.82, 2.24) is 52.3 Å². The summed E-state index contributed by atoms with van der Waals surface area (Å²) in [6.07, 6.45) is 3.61. The molecule has 2 saturated heterocycles. The number of primary amides is 3. The molecule has 0 spiro atoms. The van der Waals surface area contributed by atoms with Gasteiger partial charge < -0.3 is 84.9 Å². The van der Waals surface area contributed by atoms with E-state index in [1.165, 1.54) is 13.8 Å². The minimum Gasteiger partial charge on any atom is -0.393 e. The molecular weight excluding hydrogens is 1100 g/mol. The van der Waals surface area contributed by atoms with Gasteiger partial charge in [0, 0.05) is 13.6 Å². The van der Waals surface area contributed by atoms with Gasteiger partial charge in [0.1, 0.15) is 53.7 Å². The van der Waals surface area contributed by atoms with E-state index < -0.39 is 180 Å². The molecule has 12 atom stereocenters. The normalized spacial score (nSPS) is 26.8. The summed E-state index contributed by atoms with van der Waals surface area (Å²) in [4.78, 5) is 179. The van der Waals surface area contributed by atoms with Crippen LogP contribution in [0.15, 0.2) is 23.5 Å². The molecule has 472 valence electrons. The smallest absolute Gasteiger partial charge is 0.268 e. The number of unbranched alkanes of at least 4 members (excludes halogenated alkanes) is 6. The Morgan fingerprint density at radius 3 is 1.58 bits per heavy atom. The van der Waals surface area contributed by atoms with Crippen LogP contribution in [0.5, 0.6) is 0 Å². The number of likely N-dealkylation sites (N-methyl/N-ethyl adjacent to an activating group) is 1. The molecule has 0 aromatic rings. The van der Waals surface area contributed by atoms with E-state index in [4.69, 9.17) is 17.2 Å². The molecule has 0 radical (unpaired) electrons. The van der Waals surface area contributed by atoms with Gasteiger partial charge >= 0.3 is 0 Å². The molecule has 2 aliphatic heterocycles. The third-order valence-corrected chi connectivity index (χ3v) is 14.7. The Morgan fingerprint density at radius 1 is 0.607 bits per heavy atom. The van der Waals surface area contributed by atoms with E-state index in [-0.39, 0.29) is 25.5 Å². The molecule has 2 fully saturated rings. The van der Waals surface area contributed by atoms with E-state index in [1.807, 2.05) is 6.92 Å². The van der Waals surface area contributed by atoms with Gasteiger partial charge in [0.15, 0.2) is 6.10 Å². The predicted molar refractivity (Wildman–Crippen MR) is 303 cm³/mol. The number of hydrogen-bond donors (Lipinski definition) is 14. The second-order valence-corrected chi connectivity index (χ2v) is 21.9. The van der Waals surface area contributed by atoms with Crippen LogP contribution in [-0.2, 0) is 62.3 Å². The molecule has 0 aromatic carbocycles. The zero-order valence-electron chi connectivity index (χ0n) is 49.7. The van der Waals surface area contributed by atoms with Crippen LogP contribution < -0.4 is 59.7 Å². The Morgan fingerprint density at radius 2 is 1.10 bits per heavy atom. The number of hydrogen-bond acceptors (Lipinski definition) is 16. The lowest BCUT2D eigenvalue weighted by Crippen LogP contribution is -2.62. The Kier molecular flexibility index (Phi) is 30.7. The average molecular weight is 1190 g/mol. The molecule has 0 saturated carbocycles. The maximum atomic E-state index is 14.6. The fourth-order valence-electron chi connectivity index (χ4n) is 9.58. The molecule has 0 unspecified atom stereocenters. The average Bonchev–Trinajstić information content (AvgIpc) is 4.06. The molecule has 0 aliphatic carbocycles. The lowest BCUT2D eigenvalue weighted by Gasteiger charge is -2.36. The number of nitrogens with two attached hydrogens (primary N) is 3. The topological polar surface area (TPSA) is 463 Å². The van der Waals surface area contributed by atoms with Crippen LogP contribution in [-0.4, -0.2) is 182 Å². The van der Waals surface area contributed by atoms with Crippen molar-refractivity contribution in [2.24, 2.45) is 29.0 Å². The van der Waals surface area contributed by atoms with Gasteiger partial charge in [-0.05, 0) is 71.6 Å². The van der Waals surface area contributed by atoms with Crippen molar-refractivity contribution in [2.45, 2.75) is 218 Å². The quantitative estimate of drug-likeness (QED) is 0.0420. The number of rotatable bonds is 20. The first-order valence-corrected chi connectivity index (χ1v) is 28.6. The van der Waals surface area contributed by atoms with Crippen molar-refractivity contribution in [3.8, 4) is 0 Å². The number of nitrogens with one attached hydrogen (secondary N) is 8. The number of aliphatic hydroxyl groups excluding tert-OH is 3. The second-order valence-electron chi connectivity index (χ2n) is 21.9. The first kappa shape index (κ1) is 72.6. The van der Waals surface area contributed by atoms with Gasteiger partial charge in [0.2, 0.25) is 59.1 Å². The van der Waals surface area contributed by atoms with Crippen molar-refractivity contribution in [1.29, 1.82) is 0 Å². The lowest BCUT2D eigenvalue weighted by atomic mass is 9.90. The number of amides is 13. The SMILES string of the molecule is C/C=C1/NC(=O)[C@H](CC(N)=O)NC(=O)/C(=C\C)NC(=O)[C@H](C(C)C)NC(=O)[C@H](O)[C@@H]([C@@H](C)CCCCCCCCC[C@@H](O)CC)NC(=O)[C@@H]2CCCN2C(=O)[C@H](CC(N)=O)N(C)C(=O)[C@H]([C@@H](C)O)NC(=O)[C@@H](C)NC(=O)[C@H](CC(N)=O)NC1=O. The lowest BCUT2D eigenvalue weighted by molar-refractivity contribution is -0.151. The predicted octanol–water partition coefficient (Wildman–Crippen LogP) is -3.27. The number of nitrogens with zero attached hydrogens (tertiary/aromatic N) is 2. The molecule has 84 heavy (non-hydrogen) atoms. The minimum absolute atomic E-state index is 0.0418. The monoisotopic (exact) mass is 1190 g/mol. The molecule has 2 heterocycles. The number of carbonyl (C=O) groups is 13. The van der Waals surface area contributed by atoms with Crippen LogP contribution in [0.3, 0.4) is 0 Å². The summed E-state index contributed by atoms with van der Waals surface area (Å²) >= 11 is 0. The fraction of sp³-hybridized carbons (Fsp3) is 0.691. The third-order valence-electron chi connectivity index (χ3n) is 14.7. The Bertz CT molecular complexity index is 2430. The molecule has 13 amide bonds. The summed E-state index contributed by atoms with van der Waals surface area (Å²) in [7, 11) is 1.09. The van der Waals surface area contributed by atoms with Gasteiger partial charge in [0.05, 0.1) is 37.5 Å². The molecule has 2 rings (SSSR count). The highest BCUT2D eigenvalue weighted by Gasteiger charge is 2.44. The molecule has 29 heteroatoms. The first-order valence-electron chi connectivity index (χ1n) is 28.6. The molecule has 17 N–H and O–H groups in total. The zero-order valence-corrected chi connectivity index (χ0v) is 49.7. The fourth-order valence-corrected chi connectivity index (χ4v) is 9.58. The zero-order chi connectivity index (χ0) is 63.7.